The summed E-state index contributed by atoms with van der Waals surface area (Å²) in [7, 11) is 0. The van der Waals surface area contributed by atoms with Gasteiger partial charge in [-0.05, 0) is 48.9 Å². The first-order valence-electron chi connectivity index (χ1n) is 10.00. The van der Waals surface area contributed by atoms with Crippen molar-refractivity contribution >= 4 is 46.9 Å². The van der Waals surface area contributed by atoms with E-state index in [9.17, 15) is 9.59 Å². The SMILES string of the molecule is CCOc1ccccc1NC(=O)C(=O)N/N=C/c1cccc(OCc2c(Cl)cccc2Cl)c1. The van der Waals surface area contributed by atoms with Gasteiger partial charge in [0.15, 0.2) is 0 Å². The van der Waals surface area contributed by atoms with Crippen molar-refractivity contribution in [3.8, 4) is 11.5 Å². The second kappa shape index (κ2) is 11.9. The summed E-state index contributed by atoms with van der Waals surface area (Å²) in [4.78, 5) is 24.2. The largest absolute Gasteiger partial charge is 0.492 e. The fourth-order valence-corrected chi connectivity index (χ4v) is 3.26. The molecule has 2 amide bonds. The standard InChI is InChI=1S/C24H21Cl2N3O4/c1-2-32-22-12-4-3-11-21(22)28-23(30)24(31)29-27-14-16-7-5-8-17(13-16)33-15-18-19(25)9-6-10-20(18)26/h3-14H,2,15H2,1H3,(H,28,30)(H,29,31)/b27-14+. The molecule has 0 unspecified atom stereocenters. The Morgan fingerprint density at radius 3 is 2.42 bits per heavy atom. The summed E-state index contributed by atoms with van der Waals surface area (Å²) in [5.41, 5.74) is 3.93. The highest BCUT2D eigenvalue weighted by molar-refractivity contribution is 6.39. The molecule has 0 atom stereocenters. The van der Waals surface area contributed by atoms with E-state index in [1.807, 2.05) is 6.92 Å². The van der Waals surface area contributed by atoms with Gasteiger partial charge in [0.1, 0.15) is 18.1 Å². The number of ether oxygens (including phenoxy) is 2. The Morgan fingerprint density at radius 2 is 1.67 bits per heavy atom. The molecule has 170 valence electrons. The molecule has 3 aromatic rings. The van der Waals surface area contributed by atoms with Gasteiger partial charge in [-0.15, -0.1) is 0 Å². The monoisotopic (exact) mass is 485 g/mol. The van der Waals surface area contributed by atoms with Crippen molar-refractivity contribution in [1.29, 1.82) is 0 Å². The first-order chi connectivity index (χ1) is 16.0. The minimum atomic E-state index is -0.918. The van der Waals surface area contributed by atoms with Crippen molar-refractivity contribution in [2.24, 2.45) is 5.10 Å². The molecule has 0 heterocycles. The zero-order valence-corrected chi connectivity index (χ0v) is 19.2. The van der Waals surface area contributed by atoms with E-state index in [2.05, 4.69) is 15.8 Å². The number of carbonyl (C=O) groups excluding carboxylic acids is 2. The van der Waals surface area contributed by atoms with Gasteiger partial charge in [0.05, 0.1) is 18.5 Å². The predicted molar refractivity (Wildman–Crippen MR) is 129 cm³/mol. The highest BCUT2D eigenvalue weighted by atomic mass is 35.5. The van der Waals surface area contributed by atoms with Crippen LogP contribution in [0.15, 0.2) is 71.8 Å². The molecule has 2 N–H and O–H groups in total. The van der Waals surface area contributed by atoms with Gasteiger partial charge in [-0.2, -0.15) is 5.10 Å². The molecule has 0 radical (unpaired) electrons. The van der Waals surface area contributed by atoms with Crippen molar-refractivity contribution in [2.75, 3.05) is 11.9 Å². The third kappa shape index (κ3) is 6.97. The Balaban J connectivity index is 1.56. The molecule has 0 aromatic heterocycles. The number of para-hydroxylation sites is 2. The lowest BCUT2D eigenvalue weighted by Gasteiger charge is -2.10. The lowest BCUT2D eigenvalue weighted by molar-refractivity contribution is -0.136. The van der Waals surface area contributed by atoms with Crippen molar-refractivity contribution < 1.29 is 19.1 Å². The number of amides is 2. The number of anilines is 1. The molecule has 0 bridgehead atoms. The number of rotatable bonds is 8. The van der Waals surface area contributed by atoms with E-state index in [1.165, 1.54) is 6.21 Å². The number of hydrogen-bond acceptors (Lipinski definition) is 5. The van der Waals surface area contributed by atoms with Crippen LogP contribution in [-0.4, -0.2) is 24.6 Å². The van der Waals surface area contributed by atoms with Crippen LogP contribution in [0, 0.1) is 0 Å². The van der Waals surface area contributed by atoms with Crippen LogP contribution in [0.1, 0.15) is 18.1 Å². The maximum Gasteiger partial charge on any atom is 0.329 e. The number of benzene rings is 3. The number of hydrazone groups is 1. The van der Waals surface area contributed by atoms with Gasteiger partial charge in [-0.1, -0.05) is 53.5 Å². The van der Waals surface area contributed by atoms with Crippen LogP contribution in [0.5, 0.6) is 11.5 Å². The van der Waals surface area contributed by atoms with Gasteiger partial charge in [0.25, 0.3) is 0 Å². The van der Waals surface area contributed by atoms with E-state index >= 15 is 0 Å². The topological polar surface area (TPSA) is 89.0 Å². The van der Waals surface area contributed by atoms with Crippen LogP contribution >= 0.6 is 23.2 Å². The number of halogens is 2. The molecule has 0 saturated heterocycles. The van der Waals surface area contributed by atoms with Gasteiger partial charge in [0.2, 0.25) is 0 Å². The minimum Gasteiger partial charge on any atom is -0.492 e. The van der Waals surface area contributed by atoms with Crippen LogP contribution in [-0.2, 0) is 16.2 Å². The van der Waals surface area contributed by atoms with Gasteiger partial charge < -0.3 is 14.8 Å². The molecule has 0 saturated carbocycles. The lowest BCUT2D eigenvalue weighted by Crippen LogP contribution is -2.32. The van der Waals surface area contributed by atoms with Gasteiger partial charge in [0, 0.05) is 15.6 Å². The number of hydrogen-bond donors (Lipinski definition) is 2. The molecule has 7 nitrogen and oxygen atoms in total. The molecule has 3 rings (SSSR count). The highest BCUT2D eigenvalue weighted by Gasteiger charge is 2.15. The predicted octanol–water partition coefficient (Wildman–Crippen LogP) is 5.06. The maximum atomic E-state index is 12.1. The molecule has 0 aliphatic heterocycles. The second-order valence-electron chi connectivity index (χ2n) is 6.64. The molecule has 0 spiro atoms. The summed E-state index contributed by atoms with van der Waals surface area (Å²) < 4.78 is 11.2. The Kier molecular flexibility index (Phi) is 8.69. The Bertz CT molecular complexity index is 1150. The average Bonchev–Trinajstić information content (AvgIpc) is 2.80. The van der Waals surface area contributed by atoms with Crippen LogP contribution in [0.4, 0.5) is 5.69 Å². The Morgan fingerprint density at radius 1 is 0.939 bits per heavy atom. The van der Waals surface area contributed by atoms with E-state index in [0.29, 0.717) is 45.0 Å². The molecule has 33 heavy (non-hydrogen) atoms. The zero-order valence-electron chi connectivity index (χ0n) is 17.7. The van der Waals surface area contributed by atoms with Gasteiger partial charge >= 0.3 is 11.8 Å². The quantitative estimate of drug-likeness (QED) is 0.265. The maximum absolute atomic E-state index is 12.1. The van der Waals surface area contributed by atoms with E-state index in [1.54, 1.807) is 66.7 Å². The Labute approximate surface area is 201 Å². The van der Waals surface area contributed by atoms with Crippen LogP contribution in [0.3, 0.4) is 0 Å². The number of nitrogens with zero attached hydrogens (tertiary/aromatic N) is 1. The number of nitrogens with one attached hydrogen (secondary N) is 2. The van der Waals surface area contributed by atoms with Crippen LogP contribution < -0.4 is 20.2 Å². The van der Waals surface area contributed by atoms with Crippen molar-refractivity contribution in [3.05, 3.63) is 87.9 Å². The molecule has 3 aromatic carbocycles. The third-order valence-corrected chi connectivity index (χ3v) is 5.03. The molecule has 0 aliphatic rings. The van der Waals surface area contributed by atoms with Gasteiger partial charge in [-0.3, -0.25) is 9.59 Å². The normalized spacial score (nSPS) is 10.6. The summed E-state index contributed by atoms with van der Waals surface area (Å²) in [5.74, 6) is -0.752. The summed E-state index contributed by atoms with van der Waals surface area (Å²) in [6, 6.07) is 19.1. The molecule has 9 heteroatoms. The fraction of sp³-hybridized carbons (Fsp3) is 0.125. The van der Waals surface area contributed by atoms with Crippen molar-refractivity contribution in [3.63, 3.8) is 0 Å². The van der Waals surface area contributed by atoms with Crippen LogP contribution in [0.2, 0.25) is 10.0 Å². The van der Waals surface area contributed by atoms with Gasteiger partial charge in [-0.25, -0.2) is 5.43 Å². The number of carbonyl (C=O) groups is 2. The third-order valence-electron chi connectivity index (χ3n) is 4.32. The summed E-state index contributed by atoms with van der Waals surface area (Å²) in [6.45, 7) is 2.45. The van der Waals surface area contributed by atoms with Crippen molar-refractivity contribution in [2.45, 2.75) is 13.5 Å². The minimum absolute atomic E-state index is 0.194. The lowest BCUT2D eigenvalue weighted by atomic mass is 10.2. The second-order valence-corrected chi connectivity index (χ2v) is 7.46. The summed E-state index contributed by atoms with van der Waals surface area (Å²) in [5, 5.41) is 7.38. The zero-order chi connectivity index (χ0) is 23.6. The molecule has 0 aliphatic carbocycles. The van der Waals surface area contributed by atoms with Crippen LogP contribution in [0.25, 0.3) is 0 Å². The van der Waals surface area contributed by atoms with E-state index in [-0.39, 0.29) is 6.61 Å². The van der Waals surface area contributed by atoms with E-state index < -0.39 is 11.8 Å². The molecule has 0 fully saturated rings. The fourth-order valence-electron chi connectivity index (χ4n) is 2.76. The summed E-state index contributed by atoms with van der Waals surface area (Å²) >= 11 is 12.3. The smallest absolute Gasteiger partial charge is 0.329 e. The summed E-state index contributed by atoms with van der Waals surface area (Å²) in [6.07, 6.45) is 1.40. The highest BCUT2D eigenvalue weighted by Crippen LogP contribution is 2.26. The van der Waals surface area contributed by atoms with E-state index in [0.717, 1.165) is 0 Å². The van der Waals surface area contributed by atoms with Crippen molar-refractivity contribution in [1.82, 2.24) is 5.43 Å². The average molecular weight is 486 g/mol. The first kappa shape index (κ1) is 24.1. The molecular formula is C24H21Cl2N3O4. The molecular weight excluding hydrogens is 465 g/mol. The first-order valence-corrected chi connectivity index (χ1v) is 10.8. The van der Waals surface area contributed by atoms with E-state index in [4.69, 9.17) is 32.7 Å². The Hall–Kier alpha value is -3.55.